The number of thioether (sulfide) groups is 1. The third kappa shape index (κ3) is 1.60. The highest BCUT2D eigenvalue weighted by Gasteiger charge is 2.45. The standard InChI is InChI=1S/C16H14OS/c1-2-6-11(7-3-1)18-15-10-14-12-8-4-5-9-13(12)16(15)17-14/h1-9,14-16H,10H2/t14-,15+,16-/m0/s1. The first kappa shape index (κ1) is 10.7. The second-order valence-corrected chi connectivity index (χ2v) is 6.19. The van der Waals surface area contributed by atoms with Gasteiger partial charge in [-0.05, 0) is 29.7 Å². The summed E-state index contributed by atoms with van der Waals surface area (Å²) in [5.41, 5.74) is 2.81. The Labute approximate surface area is 111 Å². The van der Waals surface area contributed by atoms with Crippen LogP contribution in [0.4, 0.5) is 0 Å². The van der Waals surface area contributed by atoms with Gasteiger partial charge in [0, 0.05) is 10.1 Å². The molecule has 2 heterocycles. The molecule has 4 rings (SSSR count). The Kier molecular flexibility index (Phi) is 2.45. The maximum atomic E-state index is 6.11. The molecule has 2 aliphatic rings. The zero-order valence-corrected chi connectivity index (χ0v) is 10.8. The summed E-state index contributed by atoms with van der Waals surface area (Å²) in [4.78, 5) is 1.34. The first-order chi connectivity index (χ1) is 8.92. The summed E-state index contributed by atoms with van der Waals surface area (Å²) in [6.45, 7) is 0. The van der Waals surface area contributed by atoms with Crippen molar-refractivity contribution in [1.29, 1.82) is 0 Å². The molecule has 18 heavy (non-hydrogen) atoms. The third-order valence-corrected chi connectivity index (χ3v) is 5.06. The minimum absolute atomic E-state index is 0.288. The van der Waals surface area contributed by atoms with Crippen molar-refractivity contribution >= 4 is 11.8 Å². The molecule has 90 valence electrons. The predicted molar refractivity (Wildman–Crippen MR) is 73.7 cm³/mol. The van der Waals surface area contributed by atoms with Crippen molar-refractivity contribution in [1.82, 2.24) is 0 Å². The Morgan fingerprint density at radius 2 is 1.61 bits per heavy atom. The number of rotatable bonds is 2. The Morgan fingerprint density at radius 1 is 0.889 bits per heavy atom. The maximum absolute atomic E-state index is 6.11. The smallest absolute Gasteiger partial charge is 0.0960 e. The first-order valence-electron chi connectivity index (χ1n) is 6.38. The van der Waals surface area contributed by atoms with Gasteiger partial charge in [-0.25, -0.2) is 0 Å². The molecule has 3 atom stereocenters. The van der Waals surface area contributed by atoms with Crippen molar-refractivity contribution in [3.63, 3.8) is 0 Å². The molecular weight excluding hydrogens is 240 g/mol. The van der Waals surface area contributed by atoms with Gasteiger partial charge in [-0.3, -0.25) is 0 Å². The Bertz CT molecular complexity index is 566. The van der Waals surface area contributed by atoms with Crippen LogP contribution in [0, 0.1) is 0 Å². The molecule has 0 aliphatic carbocycles. The SMILES string of the molecule is c1ccc(S[C@@H]2C[C@@H]3O[C@H]2c2ccccc23)cc1. The van der Waals surface area contributed by atoms with E-state index in [0.29, 0.717) is 11.4 Å². The molecule has 0 spiro atoms. The summed E-state index contributed by atoms with van der Waals surface area (Å²) >= 11 is 1.95. The molecule has 2 aromatic carbocycles. The molecule has 0 amide bonds. The highest BCUT2D eigenvalue weighted by molar-refractivity contribution is 8.00. The molecule has 0 unspecified atom stereocenters. The van der Waals surface area contributed by atoms with Crippen molar-refractivity contribution in [3.05, 3.63) is 65.7 Å². The molecule has 2 aliphatic heterocycles. The molecule has 2 aromatic rings. The Morgan fingerprint density at radius 3 is 2.44 bits per heavy atom. The molecular formula is C16H14OS. The molecule has 0 saturated carbocycles. The van der Waals surface area contributed by atoms with Crippen LogP contribution in [0.5, 0.6) is 0 Å². The number of hydrogen-bond acceptors (Lipinski definition) is 2. The molecule has 2 heteroatoms. The molecule has 0 radical (unpaired) electrons. The van der Waals surface area contributed by atoms with Gasteiger partial charge in [0.25, 0.3) is 0 Å². The van der Waals surface area contributed by atoms with E-state index in [4.69, 9.17) is 4.74 Å². The van der Waals surface area contributed by atoms with Crippen LogP contribution in [-0.4, -0.2) is 5.25 Å². The topological polar surface area (TPSA) is 9.23 Å². The Balaban J connectivity index is 1.61. The summed E-state index contributed by atoms with van der Waals surface area (Å²) in [5, 5.41) is 0.562. The predicted octanol–water partition coefficient (Wildman–Crippen LogP) is 4.36. The lowest BCUT2D eigenvalue weighted by Gasteiger charge is -2.20. The van der Waals surface area contributed by atoms with Crippen LogP contribution >= 0.6 is 11.8 Å². The summed E-state index contributed by atoms with van der Waals surface area (Å²) < 4.78 is 6.11. The number of fused-ring (bicyclic) bond motifs is 5. The Hall–Kier alpha value is -1.25. The fraction of sp³-hybridized carbons (Fsp3) is 0.250. The van der Waals surface area contributed by atoms with Crippen LogP contribution in [0.25, 0.3) is 0 Å². The van der Waals surface area contributed by atoms with Crippen LogP contribution in [0.1, 0.15) is 29.8 Å². The van der Waals surface area contributed by atoms with Crippen LogP contribution in [0.15, 0.2) is 59.5 Å². The van der Waals surface area contributed by atoms with E-state index in [1.807, 2.05) is 11.8 Å². The van der Waals surface area contributed by atoms with Crippen molar-refractivity contribution in [3.8, 4) is 0 Å². The van der Waals surface area contributed by atoms with E-state index in [1.165, 1.54) is 16.0 Å². The molecule has 1 nitrogen and oxygen atoms in total. The van der Waals surface area contributed by atoms with Gasteiger partial charge in [0.1, 0.15) is 0 Å². The quantitative estimate of drug-likeness (QED) is 0.787. The summed E-state index contributed by atoms with van der Waals surface area (Å²) in [6.07, 6.45) is 1.75. The van der Waals surface area contributed by atoms with Crippen LogP contribution < -0.4 is 0 Å². The van der Waals surface area contributed by atoms with Crippen LogP contribution in [-0.2, 0) is 4.74 Å². The van der Waals surface area contributed by atoms with Gasteiger partial charge in [0.15, 0.2) is 0 Å². The second kappa shape index (κ2) is 4.15. The van der Waals surface area contributed by atoms with E-state index in [2.05, 4.69) is 54.6 Å². The minimum Gasteiger partial charge on any atom is -0.364 e. The second-order valence-electron chi connectivity index (χ2n) is 4.88. The number of hydrogen-bond donors (Lipinski definition) is 0. The zero-order valence-electron chi connectivity index (χ0n) is 9.95. The maximum Gasteiger partial charge on any atom is 0.0960 e. The van der Waals surface area contributed by atoms with E-state index in [-0.39, 0.29) is 6.10 Å². The van der Waals surface area contributed by atoms with Crippen molar-refractivity contribution < 1.29 is 4.74 Å². The van der Waals surface area contributed by atoms with Crippen molar-refractivity contribution in [2.24, 2.45) is 0 Å². The first-order valence-corrected chi connectivity index (χ1v) is 7.26. The fourth-order valence-corrected chi connectivity index (χ4v) is 4.24. The molecule has 0 aromatic heterocycles. The number of benzene rings is 2. The molecule has 1 saturated heterocycles. The van der Waals surface area contributed by atoms with Crippen molar-refractivity contribution in [2.75, 3.05) is 0 Å². The summed E-state index contributed by atoms with van der Waals surface area (Å²) in [7, 11) is 0. The largest absolute Gasteiger partial charge is 0.364 e. The van der Waals surface area contributed by atoms with Gasteiger partial charge in [0.05, 0.1) is 12.2 Å². The van der Waals surface area contributed by atoms with Crippen LogP contribution in [0.3, 0.4) is 0 Å². The van der Waals surface area contributed by atoms with Gasteiger partial charge in [-0.15, -0.1) is 11.8 Å². The average Bonchev–Trinajstić information content (AvgIpc) is 2.99. The highest BCUT2D eigenvalue weighted by atomic mass is 32.2. The lowest BCUT2D eigenvalue weighted by Crippen LogP contribution is -2.12. The van der Waals surface area contributed by atoms with Gasteiger partial charge in [-0.1, -0.05) is 42.5 Å². The van der Waals surface area contributed by atoms with Crippen molar-refractivity contribution in [2.45, 2.75) is 28.8 Å². The van der Waals surface area contributed by atoms with E-state index in [9.17, 15) is 0 Å². The summed E-state index contributed by atoms with van der Waals surface area (Å²) in [5.74, 6) is 0. The van der Waals surface area contributed by atoms with Gasteiger partial charge >= 0.3 is 0 Å². The fourth-order valence-electron chi connectivity index (χ4n) is 2.98. The van der Waals surface area contributed by atoms with Crippen LogP contribution in [0.2, 0.25) is 0 Å². The molecule has 1 fully saturated rings. The van der Waals surface area contributed by atoms with E-state index in [1.54, 1.807) is 0 Å². The molecule has 2 bridgehead atoms. The van der Waals surface area contributed by atoms with E-state index < -0.39 is 0 Å². The van der Waals surface area contributed by atoms with Gasteiger partial charge in [-0.2, -0.15) is 0 Å². The lowest BCUT2D eigenvalue weighted by molar-refractivity contribution is 0.0728. The third-order valence-electron chi connectivity index (χ3n) is 3.78. The van der Waals surface area contributed by atoms with Gasteiger partial charge in [0.2, 0.25) is 0 Å². The number of ether oxygens (including phenoxy) is 1. The monoisotopic (exact) mass is 254 g/mol. The highest BCUT2D eigenvalue weighted by Crippen LogP contribution is 2.55. The van der Waals surface area contributed by atoms with E-state index in [0.717, 1.165) is 6.42 Å². The summed E-state index contributed by atoms with van der Waals surface area (Å²) in [6, 6.07) is 19.3. The normalized spacial score (nSPS) is 28.3. The van der Waals surface area contributed by atoms with Gasteiger partial charge < -0.3 is 4.74 Å². The zero-order chi connectivity index (χ0) is 11.9. The minimum atomic E-state index is 0.288. The lowest BCUT2D eigenvalue weighted by atomic mass is 9.92. The molecule has 0 N–H and O–H groups in total. The average molecular weight is 254 g/mol. The van der Waals surface area contributed by atoms with E-state index >= 15 is 0 Å².